The number of benzene rings is 2. The lowest BCUT2D eigenvalue weighted by Crippen LogP contribution is -2.28. The monoisotopic (exact) mass is 323 g/mol. The van der Waals surface area contributed by atoms with E-state index in [1.807, 2.05) is 6.92 Å². The topological polar surface area (TPSA) is 49.3 Å². The zero-order valence-electron chi connectivity index (χ0n) is 11.4. The van der Waals surface area contributed by atoms with Crippen LogP contribution in [0.5, 0.6) is 5.75 Å². The zero-order chi connectivity index (χ0) is 15.4. The zero-order valence-corrected chi connectivity index (χ0v) is 12.9. The quantitative estimate of drug-likeness (QED) is 0.889. The smallest absolute Gasteiger partial charge is 0.224 e. The average molecular weight is 324 g/mol. The molecule has 0 aliphatic heterocycles. The van der Waals surface area contributed by atoms with Crippen LogP contribution in [0.2, 0.25) is 10.0 Å². The van der Waals surface area contributed by atoms with Crippen molar-refractivity contribution in [2.45, 2.75) is 19.4 Å². The molecule has 2 N–H and O–H groups in total. The number of hydrogen-bond donors (Lipinski definition) is 2. The SMILES string of the molecule is CC(NC(=O)Cc1ccc(O)cc1)c1ccc(Cl)cc1Cl. The highest BCUT2D eigenvalue weighted by atomic mass is 35.5. The molecule has 0 aliphatic carbocycles. The number of aromatic hydroxyl groups is 1. The molecule has 0 saturated heterocycles. The van der Waals surface area contributed by atoms with Gasteiger partial charge in [-0.05, 0) is 42.3 Å². The van der Waals surface area contributed by atoms with Crippen molar-refractivity contribution in [1.82, 2.24) is 5.32 Å². The van der Waals surface area contributed by atoms with Gasteiger partial charge in [-0.1, -0.05) is 41.4 Å². The molecule has 1 unspecified atom stereocenters. The summed E-state index contributed by atoms with van der Waals surface area (Å²) in [6.07, 6.45) is 0.246. The molecule has 1 atom stereocenters. The van der Waals surface area contributed by atoms with E-state index in [4.69, 9.17) is 23.2 Å². The molecule has 0 aliphatic rings. The van der Waals surface area contributed by atoms with Crippen LogP contribution in [0.4, 0.5) is 0 Å². The molecule has 5 heteroatoms. The van der Waals surface area contributed by atoms with Gasteiger partial charge in [-0.2, -0.15) is 0 Å². The van der Waals surface area contributed by atoms with Gasteiger partial charge in [0.25, 0.3) is 0 Å². The fourth-order valence-electron chi connectivity index (χ4n) is 2.02. The predicted molar refractivity (Wildman–Crippen MR) is 84.8 cm³/mol. The molecule has 1 amide bonds. The molecule has 0 aromatic heterocycles. The normalized spacial score (nSPS) is 12.0. The maximum absolute atomic E-state index is 12.0. The molecule has 110 valence electrons. The van der Waals surface area contributed by atoms with Gasteiger partial charge in [0, 0.05) is 10.0 Å². The van der Waals surface area contributed by atoms with Crippen molar-refractivity contribution in [3.8, 4) is 5.75 Å². The molecule has 2 aromatic rings. The first-order valence-corrected chi connectivity index (χ1v) is 7.23. The minimum absolute atomic E-state index is 0.112. The lowest BCUT2D eigenvalue weighted by molar-refractivity contribution is -0.121. The van der Waals surface area contributed by atoms with Gasteiger partial charge in [0.15, 0.2) is 0 Å². The Morgan fingerprint density at radius 2 is 1.86 bits per heavy atom. The Bertz CT molecular complexity index is 641. The molecule has 0 radical (unpaired) electrons. The van der Waals surface area contributed by atoms with Crippen molar-refractivity contribution < 1.29 is 9.90 Å². The summed E-state index contributed by atoms with van der Waals surface area (Å²) in [4.78, 5) is 12.0. The van der Waals surface area contributed by atoms with Crippen LogP contribution in [-0.4, -0.2) is 11.0 Å². The third-order valence-corrected chi connectivity index (χ3v) is 3.67. The summed E-state index contributed by atoms with van der Waals surface area (Å²) >= 11 is 12.0. The predicted octanol–water partition coefficient (Wildman–Crippen LogP) is 4.12. The fraction of sp³-hybridized carbons (Fsp3) is 0.188. The highest BCUT2D eigenvalue weighted by molar-refractivity contribution is 6.35. The van der Waals surface area contributed by atoms with Gasteiger partial charge in [-0.15, -0.1) is 0 Å². The number of halogens is 2. The van der Waals surface area contributed by atoms with Gasteiger partial charge in [0.05, 0.1) is 12.5 Å². The number of hydrogen-bond acceptors (Lipinski definition) is 2. The second kappa shape index (κ2) is 6.83. The number of nitrogens with one attached hydrogen (secondary N) is 1. The number of carbonyl (C=O) groups is 1. The molecule has 21 heavy (non-hydrogen) atoms. The van der Waals surface area contributed by atoms with E-state index >= 15 is 0 Å². The Morgan fingerprint density at radius 3 is 2.48 bits per heavy atom. The summed E-state index contributed by atoms with van der Waals surface area (Å²) in [5.41, 5.74) is 1.65. The number of phenols is 1. The molecule has 3 nitrogen and oxygen atoms in total. The lowest BCUT2D eigenvalue weighted by atomic mass is 10.1. The van der Waals surface area contributed by atoms with E-state index in [1.165, 1.54) is 0 Å². The first-order valence-electron chi connectivity index (χ1n) is 6.48. The van der Waals surface area contributed by atoms with E-state index < -0.39 is 0 Å². The number of carbonyl (C=O) groups excluding carboxylic acids is 1. The molecule has 2 aromatic carbocycles. The van der Waals surface area contributed by atoms with Crippen molar-refractivity contribution in [1.29, 1.82) is 0 Å². The molecule has 0 saturated carbocycles. The molecule has 2 rings (SSSR count). The van der Waals surface area contributed by atoms with Crippen molar-refractivity contribution in [2.24, 2.45) is 0 Å². The van der Waals surface area contributed by atoms with Crippen LogP contribution >= 0.6 is 23.2 Å². The van der Waals surface area contributed by atoms with Gasteiger partial charge < -0.3 is 10.4 Å². The second-order valence-electron chi connectivity index (χ2n) is 4.80. The highest BCUT2D eigenvalue weighted by Gasteiger charge is 2.13. The first kappa shape index (κ1) is 15.7. The Labute approximate surface area is 133 Å². The first-order chi connectivity index (χ1) is 9.95. The lowest BCUT2D eigenvalue weighted by Gasteiger charge is -2.16. The van der Waals surface area contributed by atoms with E-state index in [9.17, 15) is 9.90 Å². The molecule has 0 spiro atoms. The van der Waals surface area contributed by atoms with E-state index in [1.54, 1.807) is 42.5 Å². The summed E-state index contributed by atoms with van der Waals surface area (Å²) < 4.78 is 0. The summed E-state index contributed by atoms with van der Waals surface area (Å²) in [6.45, 7) is 1.86. The van der Waals surface area contributed by atoms with E-state index in [0.29, 0.717) is 10.0 Å². The third-order valence-electron chi connectivity index (χ3n) is 3.11. The minimum Gasteiger partial charge on any atom is -0.508 e. The third kappa shape index (κ3) is 4.38. The Hall–Kier alpha value is -1.71. The maximum Gasteiger partial charge on any atom is 0.224 e. The van der Waals surface area contributed by atoms with Crippen LogP contribution in [0.3, 0.4) is 0 Å². The summed E-state index contributed by atoms with van der Waals surface area (Å²) in [6, 6.07) is 11.5. The van der Waals surface area contributed by atoms with Gasteiger partial charge in [0.1, 0.15) is 5.75 Å². The maximum atomic E-state index is 12.0. The largest absolute Gasteiger partial charge is 0.508 e. The number of amides is 1. The van der Waals surface area contributed by atoms with Crippen LogP contribution < -0.4 is 5.32 Å². The van der Waals surface area contributed by atoms with E-state index in [0.717, 1.165) is 11.1 Å². The second-order valence-corrected chi connectivity index (χ2v) is 5.64. The van der Waals surface area contributed by atoms with Crippen LogP contribution in [-0.2, 0) is 11.2 Å². The van der Waals surface area contributed by atoms with Gasteiger partial charge in [-0.3, -0.25) is 4.79 Å². The molecule has 0 bridgehead atoms. The molecule has 0 heterocycles. The van der Waals surface area contributed by atoms with Gasteiger partial charge in [-0.25, -0.2) is 0 Å². The van der Waals surface area contributed by atoms with Crippen LogP contribution in [0.1, 0.15) is 24.1 Å². The van der Waals surface area contributed by atoms with Gasteiger partial charge >= 0.3 is 0 Å². The summed E-state index contributed by atoms with van der Waals surface area (Å²) in [5, 5.41) is 13.2. The highest BCUT2D eigenvalue weighted by Crippen LogP contribution is 2.26. The van der Waals surface area contributed by atoms with E-state index in [2.05, 4.69) is 5.32 Å². The standard InChI is InChI=1S/C16H15Cl2NO2/c1-10(14-7-4-12(17)9-15(14)18)19-16(21)8-11-2-5-13(20)6-3-11/h2-7,9-10,20H,8H2,1H3,(H,19,21). The van der Waals surface area contributed by atoms with Crippen molar-refractivity contribution in [3.63, 3.8) is 0 Å². The number of rotatable bonds is 4. The summed E-state index contributed by atoms with van der Waals surface area (Å²) in [7, 11) is 0. The molecule has 0 fully saturated rings. The van der Waals surface area contributed by atoms with E-state index in [-0.39, 0.29) is 24.1 Å². The van der Waals surface area contributed by atoms with Crippen molar-refractivity contribution in [2.75, 3.05) is 0 Å². The molecular weight excluding hydrogens is 309 g/mol. The van der Waals surface area contributed by atoms with Crippen LogP contribution in [0.25, 0.3) is 0 Å². The Balaban J connectivity index is 2.00. The van der Waals surface area contributed by atoms with Crippen molar-refractivity contribution >= 4 is 29.1 Å². The van der Waals surface area contributed by atoms with Gasteiger partial charge in [0.2, 0.25) is 5.91 Å². The summed E-state index contributed by atoms with van der Waals surface area (Å²) in [5.74, 6) is 0.0691. The fourth-order valence-corrected chi connectivity index (χ4v) is 2.59. The molecular formula is C16H15Cl2NO2. The van der Waals surface area contributed by atoms with Crippen molar-refractivity contribution in [3.05, 3.63) is 63.6 Å². The Kier molecular flexibility index (Phi) is 5.10. The van der Waals surface area contributed by atoms with Crippen LogP contribution in [0.15, 0.2) is 42.5 Å². The van der Waals surface area contributed by atoms with Crippen LogP contribution in [0, 0.1) is 0 Å². The minimum atomic E-state index is -0.209. The Morgan fingerprint density at radius 1 is 1.19 bits per heavy atom. The number of phenolic OH excluding ortho intramolecular Hbond substituents is 1. The average Bonchev–Trinajstić information content (AvgIpc) is 2.41.